The number of hydrogen-bond donors (Lipinski definition) is 2. The second-order valence-corrected chi connectivity index (χ2v) is 6.02. The minimum Gasteiger partial charge on any atom is -0.481 e. The number of methoxy groups -OCH3 is 1. The van der Waals surface area contributed by atoms with Crippen LogP contribution in [0.5, 0.6) is 0 Å². The van der Waals surface area contributed by atoms with E-state index in [1.165, 1.54) is 18.4 Å². The zero-order valence-corrected chi connectivity index (χ0v) is 12.3. The number of anilines is 1. The van der Waals surface area contributed by atoms with Crippen LogP contribution in [0.4, 0.5) is 5.13 Å². The molecular formula is C12H18N2O4S. The molecule has 0 aliphatic heterocycles. The van der Waals surface area contributed by atoms with Gasteiger partial charge in [-0.3, -0.25) is 4.79 Å². The number of aromatic nitrogens is 1. The molecule has 6 nitrogen and oxygen atoms in total. The van der Waals surface area contributed by atoms with Gasteiger partial charge < -0.3 is 15.2 Å². The van der Waals surface area contributed by atoms with Crippen molar-refractivity contribution in [2.45, 2.75) is 39.2 Å². The van der Waals surface area contributed by atoms with Gasteiger partial charge >= 0.3 is 11.9 Å². The van der Waals surface area contributed by atoms with Gasteiger partial charge in [0, 0.05) is 16.8 Å². The number of carboxylic acids is 1. The lowest BCUT2D eigenvalue weighted by Gasteiger charge is -2.25. The van der Waals surface area contributed by atoms with Crippen molar-refractivity contribution >= 4 is 28.4 Å². The number of carbonyl (C=O) groups excluding carboxylic acids is 1. The summed E-state index contributed by atoms with van der Waals surface area (Å²) in [6.07, 6.45) is 0.544. The molecule has 106 valence electrons. The van der Waals surface area contributed by atoms with Crippen molar-refractivity contribution in [3.63, 3.8) is 0 Å². The lowest BCUT2D eigenvalue weighted by molar-refractivity contribution is -0.137. The van der Waals surface area contributed by atoms with Crippen molar-refractivity contribution in [2.24, 2.45) is 0 Å². The third kappa shape index (κ3) is 4.51. The molecule has 0 radical (unpaired) electrons. The van der Waals surface area contributed by atoms with Gasteiger partial charge in [0.15, 0.2) is 10.8 Å². The highest BCUT2D eigenvalue weighted by molar-refractivity contribution is 7.15. The Bertz CT molecular complexity index is 482. The fraction of sp³-hybridized carbons (Fsp3) is 0.583. The van der Waals surface area contributed by atoms with Crippen molar-refractivity contribution in [1.29, 1.82) is 0 Å². The van der Waals surface area contributed by atoms with E-state index < -0.39 is 17.5 Å². The maximum absolute atomic E-state index is 11.4. The Labute approximate surface area is 115 Å². The molecule has 19 heavy (non-hydrogen) atoms. The second kappa shape index (κ2) is 6.01. The zero-order chi connectivity index (χ0) is 14.6. The van der Waals surface area contributed by atoms with Crippen molar-refractivity contribution in [1.82, 2.24) is 4.98 Å². The average molecular weight is 286 g/mol. The maximum Gasteiger partial charge on any atom is 0.357 e. The molecule has 1 aromatic heterocycles. The largest absolute Gasteiger partial charge is 0.481 e. The molecule has 0 aliphatic carbocycles. The summed E-state index contributed by atoms with van der Waals surface area (Å²) >= 11 is 1.35. The van der Waals surface area contributed by atoms with Crippen LogP contribution in [0.2, 0.25) is 0 Å². The summed E-state index contributed by atoms with van der Waals surface area (Å²) in [5.41, 5.74) is -0.111. The summed E-state index contributed by atoms with van der Waals surface area (Å²) in [6.45, 7) is 5.58. The number of carbonyl (C=O) groups is 2. The first kappa shape index (κ1) is 15.4. The molecule has 0 atom stereocenters. The minimum absolute atomic E-state index is 0.0776. The molecule has 0 spiro atoms. The van der Waals surface area contributed by atoms with Crippen molar-refractivity contribution < 1.29 is 19.4 Å². The predicted octanol–water partition coefficient (Wildman–Crippen LogP) is 2.29. The summed E-state index contributed by atoms with van der Waals surface area (Å²) in [7, 11) is 1.31. The van der Waals surface area contributed by atoms with E-state index in [1.54, 1.807) is 6.92 Å². The lowest BCUT2D eigenvalue weighted by Crippen LogP contribution is -2.31. The van der Waals surface area contributed by atoms with Crippen LogP contribution in [0.15, 0.2) is 0 Å². The van der Waals surface area contributed by atoms with Gasteiger partial charge in [0.2, 0.25) is 0 Å². The average Bonchev–Trinajstić information content (AvgIpc) is 2.66. The minimum atomic E-state index is -0.833. The van der Waals surface area contributed by atoms with E-state index in [4.69, 9.17) is 5.11 Å². The van der Waals surface area contributed by atoms with Crippen LogP contribution in [0.3, 0.4) is 0 Å². The van der Waals surface area contributed by atoms with Crippen LogP contribution in [0.1, 0.15) is 42.1 Å². The normalized spacial score (nSPS) is 11.2. The first-order valence-electron chi connectivity index (χ1n) is 5.81. The van der Waals surface area contributed by atoms with Gasteiger partial charge in [-0.05, 0) is 27.2 Å². The Kier molecular flexibility index (Phi) is 4.88. The highest BCUT2D eigenvalue weighted by Gasteiger charge is 2.22. The Morgan fingerprint density at radius 2 is 2.11 bits per heavy atom. The summed E-state index contributed by atoms with van der Waals surface area (Å²) < 4.78 is 4.64. The highest BCUT2D eigenvalue weighted by Crippen LogP contribution is 2.27. The van der Waals surface area contributed by atoms with Gasteiger partial charge in [0.25, 0.3) is 0 Å². The molecule has 0 saturated heterocycles. The molecule has 0 aromatic carbocycles. The Morgan fingerprint density at radius 3 is 2.63 bits per heavy atom. The van der Waals surface area contributed by atoms with Crippen molar-refractivity contribution in [3.8, 4) is 0 Å². The second-order valence-electron chi connectivity index (χ2n) is 4.82. The number of aryl methyl sites for hydroxylation is 1. The number of hydrogen-bond acceptors (Lipinski definition) is 6. The molecule has 2 N–H and O–H groups in total. The van der Waals surface area contributed by atoms with E-state index in [1.807, 2.05) is 13.8 Å². The van der Waals surface area contributed by atoms with Crippen molar-refractivity contribution in [2.75, 3.05) is 12.4 Å². The number of thiazole rings is 1. The molecule has 1 rings (SSSR count). The molecule has 0 bridgehead atoms. The molecule has 7 heteroatoms. The predicted molar refractivity (Wildman–Crippen MR) is 72.8 cm³/mol. The Morgan fingerprint density at radius 1 is 1.47 bits per heavy atom. The molecule has 1 heterocycles. The number of nitrogens with one attached hydrogen (secondary N) is 1. The smallest absolute Gasteiger partial charge is 0.357 e. The highest BCUT2D eigenvalue weighted by atomic mass is 32.1. The summed E-state index contributed by atoms with van der Waals surface area (Å²) in [4.78, 5) is 27.0. The molecule has 0 amide bonds. The fourth-order valence-electron chi connectivity index (χ4n) is 1.51. The number of nitrogens with zero attached hydrogens (tertiary/aromatic N) is 1. The van der Waals surface area contributed by atoms with Crippen LogP contribution >= 0.6 is 11.3 Å². The third-order valence-electron chi connectivity index (χ3n) is 2.58. The van der Waals surface area contributed by atoms with Crippen LogP contribution in [-0.2, 0) is 9.53 Å². The zero-order valence-electron chi connectivity index (χ0n) is 11.4. The standard InChI is InChI=1S/C12H18N2O4S/c1-7-9(10(17)18-4)13-11(19-7)14-12(2,3)6-5-8(15)16/h5-6H2,1-4H3,(H,13,14)(H,15,16). The molecule has 0 aliphatic rings. The van der Waals surface area contributed by atoms with Gasteiger partial charge in [-0.1, -0.05) is 0 Å². The summed E-state index contributed by atoms with van der Waals surface area (Å²) in [5.74, 6) is -1.30. The van der Waals surface area contributed by atoms with E-state index in [0.29, 0.717) is 17.2 Å². The third-order valence-corrected chi connectivity index (χ3v) is 3.47. The number of aliphatic carboxylic acids is 1. The number of esters is 1. The monoisotopic (exact) mass is 286 g/mol. The fourth-order valence-corrected chi connectivity index (χ4v) is 2.49. The summed E-state index contributed by atoms with van der Waals surface area (Å²) in [5, 5.41) is 12.4. The SMILES string of the molecule is COC(=O)c1nc(NC(C)(C)CCC(=O)O)sc1C. The van der Waals surface area contributed by atoms with E-state index in [-0.39, 0.29) is 6.42 Å². The first-order valence-corrected chi connectivity index (χ1v) is 6.62. The Balaban J connectivity index is 2.76. The molecule has 0 fully saturated rings. The maximum atomic E-state index is 11.4. The quantitative estimate of drug-likeness (QED) is 0.780. The van der Waals surface area contributed by atoms with Crippen LogP contribution in [-0.4, -0.2) is 34.7 Å². The molecule has 0 saturated carbocycles. The molecule has 1 aromatic rings. The Hall–Kier alpha value is -1.63. The van der Waals surface area contributed by atoms with E-state index in [0.717, 1.165) is 4.88 Å². The van der Waals surface area contributed by atoms with Crippen LogP contribution in [0, 0.1) is 6.92 Å². The first-order chi connectivity index (χ1) is 8.75. The molecule has 0 unspecified atom stereocenters. The van der Waals surface area contributed by atoms with Crippen molar-refractivity contribution in [3.05, 3.63) is 10.6 Å². The van der Waals surface area contributed by atoms with Gasteiger partial charge in [0.1, 0.15) is 0 Å². The number of rotatable bonds is 6. The van der Waals surface area contributed by atoms with Gasteiger partial charge in [-0.15, -0.1) is 11.3 Å². The van der Waals surface area contributed by atoms with E-state index >= 15 is 0 Å². The summed E-state index contributed by atoms with van der Waals surface area (Å²) in [6, 6.07) is 0. The van der Waals surface area contributed by atoms with Gasteiger partial charge in [-0.25, -0.2) is 9.78 Å². The number of carboxylic acid groups (broad SMARTS) is 1. The topological polar surface area (TPSA) is 88.5 Å². The van der Waals surface area contributed by atoms with Crippen LogP contribution < -0.4 is 5.32 Å². The van der Waals surface area contributed by atoms with Crippen LogP contribution in [0.25, 0.3) is 0 Å². The van der Waals surface area contributed by atoms with E-state index in [2.05, 4.69) is 15.0 Å². The lowest BCUT2D eigenvalue weighted by atomic mass is 9.99. The van der Waals surface area contributed by atoms with Gasteiger partial charge in [-0.2, -0.15) is 0 Å². The number of ether oxygens (including phenoxy) is 1. The van der Waals surface area contributed by atoms with Gasteiger partial charge in [0.05, 0.1) is 7.11 Å². The van der Waals surface area contributed by atoms with E-state index in [9.17, 15) is 9.59 Å². The molecular weight excluding hydrogens is 268 g/mol.